The van der Waals surface area contributed by atoms with Crippen molar-refractivity contribution in [2.45, 2.75) is 38.3 Å². The van der Waals surface area contributed by atoms with E-state index in [-0.39, 0.29) is 18.0 Å². The normalized spacial score (nSPS) is 20.0. The highest BCUT2D eigenvalue weighted by atomic mass is 16.4. The van der Waals surface area contributed by atoms with Crippen molar-refractivity contribution in [1.29, 1.82) is 0 Å². The third-order valence-corrected chi connectivity index (χ3v) is 4.34. The Labute approximate surface area is 145 Å². The van der Waals surface area contributed by atoms with E-state index in [4.69, 9.17) is 5.11 Å². The molecule has 1 fully saturated rings. The molecule has 132 valence electrons. The molecule has 3 rings (SSSR count). The predicted molar refractivity (Wildman–Crippen MR) is 91.1 cm³/mol. The van der Waals surface area contributed by atoms with Crippen molar-refractivity contribution in [3.63, 3.8) is 0 Å². The van der Waals surface area contributed by atoms with Gasteiger partial charge in [0.1, 0.15) is 0 Å². The maximum absolute atomic E-state index is 12.1. The zero-order chi connectivity index (χ0) is 17.6. The lowest BCUT2D eigenvalue weighted by molar-refractivity contribution is -0.142. The number of rotatable bonds is 5. The molecule has 0 saturated heterocycles. The third-order valence-electron chi connectivity index (χ3n) is 4.34. The van der Waals surface area contributed by atoms with Crippen LogP contribution in [0.15, 0.2) is 36.7 Å². The first-order chi connectivity index (χ1) is 12.1. The Morgan fingerprint density at radius 3 is 2.68 bits per heavy atom. The summed E-state index contributed by atoms with van der Waals surface area (Å²) in [5.74, 6) is -0.572. The minimum atomic E-state index is -0.749. The highest BCUT2D eigenvalue weighted by Crippen LogP contribution is 2.24. The Kier molecular flexibility index (Phi) is 5.27. The molecule has 2 aromatic rings. The first kappa shape index (κ1) is 16.9. The fourth-order valence-electron chi connectivity index (χ4n) is 3.00. The maximum atomic E-state index is 12.1. The van der Waals surface area contributed by atoms with Gasteiger partial charge >= 0.3 is 12.0 Å². The Hall–Kier alpha value is -2.90. The first-order valence-electron chi connectivity index (χ1n) is 8.34. The van der Waals surface area contributed by atoms with E-state index in [1.54, 1.807) is 23.1 Å². The summed E-state index contributed by atoms with van der Waals surface area (Å²) in [6.07, 6.45) is 6.06. The second kappa shape index (κ2) is 7.78. The average molecular weight is 343 g/mol. The third kappa shape index (κ3) is 4.79. The fourth-order valence-corrected chi connectivity index (χ4v) is 3.00. The van der Waals surface area contributed by atoms with Crippen molar-refractivity contribution in [3.05, 3.63) is 42.4 Å². The summed E-state index contributed by atoms with van der Waals surface area (Å²) in [5, 5.41) is 18.9. The Balaban J connectivity index is 1.46. The van der Waals surface area contributed by atoms with E-state index in [1.807, 2.05) is 18.2 Å². The zero-order valence-electron chi connectivity index (χ0n) is 13.8. The van der Waals surface area contributed by atoms with Crippen LogP contribution in [0.3, 0.4) is 0 Å². The van der Waals surface area contributed by atoms with Crippen LogP contribution in [-0.4, -0.2) is 37.9 Å². The van der Waals surface area contributed by atoms with E-state index < -0.39 is 5.97 Å². The number of urea groups is 1. The second-order valence-electron chi connectivity index (χ2n) is 6.20. The van der Waals surface area contributed by atoms with Crippen LogP contribution in [0.1, 0.15) is 31.4 Å². The number of hydrogen-bond acceptors (Lipinski definition) is 4. The van der Waals surface area contributed by atoms with Crippen molar-refractivity contribution < 1.29 is 14.7 Å². The number of carbonyl (C=O) groups excluding carboxylic acids is 1. The number of pyridine rings is 1. The highest BCUT2D eigenvalue weighted by Gasteiger charge is 2.26. The highest BCUT2D eigenvalue weighted by molar-refractivity contribution is 5.88. The zero-order valence-corrected chi connectivity index (χ0v) is 13.8. The Bertz CT molecular complexity index is 723. The number of amides is 2. The lowest BCUT2D eigenvalue weighted by atomic mass is 9.86. The predicted octanol–water partition coefficient (Wildman–Crippen LogP) is 2.09. The molecule has 0 spiro atoms. The number of nitrogens with one attached hydrogen (secondary N) is 2. The average Bonchev–Trinajstić information content (AvgIpc) is 3.03. The molecule has 0 bridgehead atoms. The molecule has 3 N–H and O–H groups in total. The van der Waals surface area contributed by atoms with Gasteiger partial charge in [0.2, 0.25) is 0 Å². The van der Waals surface area contributed by atoms with E-state index in [9.17, 15) is 9.59 Å². The largest absolute Gasteiger partial charge is 0.481 e. The van der Waals surface area contributed by atoms with Gasteiger partial charge in [0.05, 0.1) is 18.2 Å². The monoisotopic (exact) mass is 343 g/mol. The van der Waals surface area contributed by atoms with E-state index in [0.29, 0.717) is 38.0 Å². The molecule has 1 aliphatic rings. The van der Waals surface area contributed by atoms with Gasteiger partial charge in [-0.05, 0) is 37.8 Å². The van der Waals surface area contributed by atoms with Crippen LogP contribution in [0.5, 0.6) is 0 Å². The molecule has 8 nitrogen and oxygen atoms in total. The summed E-state index contributed by atoms with van der Waals surface area (Å²) < 4.78 is 1.70. The molecule has 0 aromatic carbocycles. The van der Waals surface area contributed by atoms with Gasteiger partial charge in [-0.15, -0.1) is 0 Å². The SMILES string of the molecule is O=C(Nc1ccn(Cc2ccccn2)n1)NC1CCC(C(=O)O)CC1. The van der Waals surface area contributed by atoms with Crippen molar-refractivity contribution >= 4 is 17.8 Å². The van der Waals surface area contributed by atoms with Crippen molar-refractivity contribution in [1.82, 2.24) is 20.1 Å². The van der Waals surface area contributed by atoms with Crippen molar-refractivity contribution in [2.75, 3.05) is 5.32 Å². The Morgan fingerprint density at radius 1 is 1.20 bits per heavy atom. The number of carboxylic acid groups (broad SMARTS) is 1. The van der Waals surface area contributed by atoms with Gasteiger partial charge in [0.15, 0.2) is 5.82 Å². The molecule has 8 heteroatoms. The lowest BCUT2D eigenvalue weighted by Gasteiger charge is -2.26. The molecule has 1 aliphatic carbocycles. The number of aromatic nitrogens is 3. The Morgan fingerprint density at radius 2 is 2.00 bits per heavy atom. The molecular formula is C17H21N5O3. The molecule has 2 aromatic heterocycles. The molecule has 0 radical (unpaired) electrons. The maximum Gasteiger partial charge on any atom is 0.320 e. The van der Waals surface area contributed by atoms with Crippen LogP contribution in [0.2, 0.25) is 0 Å². The minimum absolute atomic E-state index is 0.00574. The van der Waals surface area contributed by atoms with Crippen molar-refractivity contribution in [3.8, 4) is 0 Å². The molecule has 1 saturated carbocycles. The molecule has 0 aliphatic heterocycles. The quantitative estimate of drug-likeness (QED) is 0.770. The van der Waals surface area contributed by atoms with Gasteiger partial charge in [-0.25, -0.2) is 4.79 Å². The van der Waals surface area contributed by atoms with E-state index in [1.165, 1.54) is 0 Å². The smallest absolute Gasteiger partial charge is 0.320 e. The molecule has 2 amide bonds. The molecule has 2 heterocycles. The van der Waals surface area contributed by atoms with Gasteiger partial charge < -0.3 is 10.4 Å². The first-order valence-corrected chi connectivity index (χ1v) is 8.34. The van der Waals surface area contributed by atoms with Crippen LogP contribution in [0, 0.1) is 5.92 Å². The summed E-state index contributed by atoms with van der Waals surface area (Å²) in [4.78, 5) is 27.2. The van der Waals surface area contributed by atoms with Crippen LogP contribution < -0.4 is 10.6 Å². The second-order valence-corrected chi connectivity index (χ2v) is 6.20. The summed E-state index contributed by atoms with van der Waals surface area (Å²) in [5.41, 5.74) is 0.886. The van der Waals surface area contributed by atoms with E-state index >= 15 is 0 Å². The van der Waals surface area contributed by atoms with Gasteiger partial charge in [0.25, 0.3) is 0 Å². The lowest BCUT2D eigenvalue weighted by Crippen LogP contribution is -2.41. The van der Waals surface area contributed by atoms with Gasteiger partial charge in [-0.3, -0.25) is 19.8 Å². The number of anilines is 1. The topological polar surface area (TPSA) is 109 Å². The summed E-state index contributed by atoms with van der Waals surface area (Å²) in [7, 11) is 0. The van der Waals surface area contributed by atoms with E-state index in [2.05, 4.69) is 20.7 Å². The van der Waals surface area contributed by atoms with Gasteiger partial charge in [-0.1, -0.05) is 6.07 Å². The number of carbonyl (C=O) groups is 2. The molecule has 0 unspecified atom stereocenters. The molecule has 0 atom stereocenters. The summed E-state index contributed by atoms with van der Waals surface area (Å²) >= 11 is 0. The van der Waals surface area contributed by atoms with Gasteiger partial charge in [0, 0.05) is 24.5 Å². The fraction of sp³-hybridized carbons (Fsp3) is 0.412. The number of aliphatic carboxylic acids is 1. The number of nitrogens with zero attached hydrogens (tertiary/aromatic N) is 3. The van der Waals surface area contributed by atoms with Crippen LogP contribution in [0.4, 0.5) is 10.6 Å². The number of carboxylic acids is 1. The molecule has 25 heavy (non-hydrogen) atoms. The van der Waals surface area contributed by atoms with Gasteiger partial charge in [-0.2, -0.15) is 5.10 Å². The van der Waals surface area contributed by atoms with Crippen LogP contribution >= 0.6 is 0 Å². The minimum Gasteiger partial charge on any atom is -0.481 e. The van der Waals surface area contributed by atoms with E-state index in [0.717, 1.165) is 5.69 Å². The van der Waals surface area contributed by atoms with Crippen LogP contribution in [-0.2, 0) is 11.3 Å². The van der Waals surface area contributed by atoms with Crippen molar-refractivity contribution in [2.24, 2.45) is 5.92 Å². The summed E-state index contributed by atoms with van der Waals surface area (Å²) in [6.45, 7) is 0.531. The molecular weight excluding hydrogens is 322 g/mol. The van der Waals surface area contributed by atoms with Crippen LogP contribution in [0.25, 0.3) is 0 Å². The number of hydrogen-bond donors (Lipinski definition) is 3. The summed E-state index contributed by atoms with van der Waals surface area (Å²) in [6, 6.07) is 7.09. The standard InChI is InChI=1S/C17H21N5O3/c23-16(24)12-4-6-13(7-5-12)19-17(25)20-15-8-10-22(21-15)11-14-3-1-2-9-18-14/h1-3,8-10,12-13H,4-7,11H2,(H,23,24)(H2,19,20,21,25).